The zero-order valence-electron chi connectivity index (χ0n) is 12.1. The highest BCUT2D eigenvalue weighted by atomic mass is 16.3. The lowest BCUT2D eigenvalue weighted by Gasteiger charge is -2.10. The van der Waals surface area contributed by atoms with Crippen LogP contribution in [0.4, 0.5) is 0 Å². The molecule has 1 aromatic rings. The van der Waals surface area contributed by atoms with E-state index in [-0.39, 0.29) is 18.6 Å². The number of allylic oxidation sites excluding steroid dienone is 2. The van der Waals surface area contributed by atoms with E-state index in [0.29, 0.717) is 5.76 Å². The molecule has 0 aromatic carbocycles. The number of aliphatic hydroxyl groups excluding tert-OH is 1. The van der Waals surface area contributed by atoms with Gasteiger partial charge in [-0.15, -0.1) is 0 Å². The number of hydrogen-bond donors (Lipinski definition) is 2. The van der Waals surface area contributed by atoms with Crippen LogP contribution in [-0.4, -0.2) is 23.7 Å². The van der Waals surface area contributed by atoms with Gasteiger partial charge in [0.25, 0.3) is 5.91 Å². The highest BCUT2D eigenvalue weighted by Crippen LogP contribution is 2.04. The largest absolute Gasteiger partial charge is 0.459 e. The van der Waals surface area contributed by atoms with Gasteiger partial charge in [0.1, 0.15) is 0 Å². The summed E-state index contributed by atoms with van der Waals surface area (Å²) in [6, 6.07) is 3.39. The Morgan fingerprint density at radius 3 is 2.90 bits per heavy atom. The molecule has 1 heterocycles. The van der Waals surface area contributed by atoms with Gasteiger partial charge >= 0.3 is 0 Å². The average molecular weight is 277 g/mol. The Hall–Kier alpha value is -1.81. The van der Waals surface area contributed by atoms with Crippen molar-refractivity contribution in [2.45, 2.75) is 39.2 Å². The van der Waals surface area contributed by atoms with Crippen molar-refractivity contribution in [3.05, 3.63) is 48.0 Å². The second kappa shape index (κ2) is 9.15. The minimum Gasteiger partial charge on any atom is -0.459 e. The molecule has 2 N–H and O–H groups in total. The molecule has 0 aliphatic rings. The molecule has 1 rings (SSSR count). The lowest BCUT2D eigenvalue weighted by molar-refractivity contribution is 0.0912. The zero-order valence-corrected chi connectivity index (χ0v) is 12.1. The summed E-state index contributed by atoms with van der Waals surface area (Å²) in [7, 11) is 0. The smallest absolute Gasteiger partial charge is 0.287 e. The molecule has 0 radical (unpaired) electrons. The Morgan fingerprint density at radius 2 is 2.30 bits per heavy atom. The number of amides is 1. The standard InChI is InChI=1S/C16H23NO3/c1-3-14(12-18)9-6-4-5-8-13(2)17-16(19)15-10-7-11-20-15/h4-5,7,9-11,13,18H,3,6,8,12H2,1-2H3,(H,17,19)/b5-4-,14-9+. The molecule has 20 heavy (non-hydrogen) atoms. The van der Waals surface area contributed by atoms with Crippen molar-refractivity contribution in [2.24, 2.45) is 0 Å². The summed E-state index contributed by atoms with van der Waals surface area (Å²) in [5, 5.41) is 11.9. The number of aliphatic hydroxyl groups is 1. The van der Waals surface area contributed by atoms with Crippen LogP contribution in [0.1, 0.15) is 43.7 Å². The van der Waals surface area contributed by atoms with Gasteiger partial charge in [-0.2, -0.15) is 0 Å². The fourth-order valence-electron chi connectivity index (χ4n) is 1.71. The first-order valence-corrected chi connectivity index (χ1v) is 6.95. The van der Waals surface area contributed by atoms with E-state index in [1.165, 1.54) is 6.26 Å². The summed E-state index contributed by atoms with van der Waals surface area (Å²) in [5.74, 6) is 0.142. The average Bonchev–Trinajstić information content (AvgIpc) is 2.97. The van der Waals surface area contributed by atoms with E-state index in [0.717, 1.165) is 24.8 Å². The molecule has 0 fully saturated rings. The predicted octanol–water partition coefficient (Wildman–Crippen LogP) is 3.06. The first kappa shape index (κ1) is 16.2. The summed E-state index contributed by atoms with van der Waals surface area (Å²) in [6.45, 7) is 4.10. The maximum Gasteiger partial charge on any atom is 0.287 e. The highest BCUT2D eigenvalue weighted by molar-refractivity contribution is 5.91. The molecule has 0 aliphatic heterocycles. The van der Waals surface area contributed by atoms with Crippen LogP contribution in [0.2, 0.25) is 0 Å². The maximum absolute atomic E-state index is 11.7. The molecule has 0 saturated carbocycles. The number of hydrogen-bond acceptors (Lipinski definition) is 3. The molecule has 4 heteroatoms. The van der Waals surface area contributed by atoms with E-state index in [4.69, 9.17) is 9.52 Å². The van der Waals surface area contributed by atoms with Crippen molar-refractivity contribution in [2.75, 3.05) is 6.61 Å². The normalized spacial score (nSPS) is 13.7. The number of rotatable bonds is 8. The molecule has 1 amide bonds. The number of carbonyl (C=O) groups is 1. The third-order valence-electron chi connectivity index (χ3n) is 2.98. The van der Waals surface area contributed by atoms with Crippen molar-refractivity contribution in [3.8, 4) is 0 Å². The van der Waals surface area contributed by atoms with Gasteiger partial charge in [0, 0.05) is 6.04 Å². The Bertz CT molecular complexity index is 440. The van der Waals surface area contributed by atoms with Crippen molar-refractivity contribution >= 4 is 5.91 Å². The molecule has 0 bridgehead atoms. The van der Waals surface area contributed by atoms with Crippen LogP contribution in [0.5, 0.6) is 0 Å². The van der Waals surface area contributed by atoms with E-state index in [1.54, 1.807) is 12.1 Å². The molecular weight excluding hydrogens is 254 g/mol. The van der Waals surface area contributed by atoms with Crippen LogP contribution < -0.4 is 5.32 Å². The van der Waals surface area contributed by atoms with Gasteiger partial charge in [-0.3, -0.25) is 4.79 Å². The summed E-state index contributed by atoms with van der Waals surface area (Å²) < 4.78 is 5.03. The Morgan fingerprint density at radius 1 is 1.50 bits per heavy atom. The second-order valence-electron chi connectivity index (χ2n) is 4.67. The van der Waals surface area contributed by atoms with Gasteiger partial charge in [0.05, 0.1) is 12.9 Å². The van der Waals surface area contributed by atoms with Crippen LogP contribution in [-0.2, 0) is 0 Å². The predicted molar refractivity (Wildman–Crippen MR) is 79.5 cm³/mol. The van der Waals surface area contributed by atoms with Crippen LogP contribution in [0.25, 0.3) is 0 Å². The second-order valence-corrected chi connectivity index (χ2v) is 4.67. The van der Waals surface area contributed by atoms with Gasteiger partial charge in [-0.05, 0) is 43.9 Å². The van der Waals surface area contributed by atoms with Crippen molar-refractivity contribution in [1.29, 1.82) is 0 Å². The number of nitrogens with one attached hydrogen (secondary N) is 1. The third kappa shape index (κ3) is 5.89. The molecule has 1 atom stereocenters. The van der Waals surface area contributed by atoms with Gasteiger partial charge in [0.2, 0.25) is 0 Å². The van der Waals surface area contributed by atoms with E-state index in [1.807, 2.05) is 32.1 Å². The number of carbonyl (C=O) groups excluding carboxylic acids is 1. The fourth-order valence-corrected chi connectivity index (χ4v) is 1.71. The molecule has 110 valence electrons. The summed E-state index contributed by atoms with van der Waals surface area (Å²) >= 11 is 0. The van der Waals surface area contributed by atoms with Crippen LogP contribution in [0.15, 0.2) is 46.6 Å². The monoisotopic (exact) mass is 277 g/mol. The van der Waals surface area contributed by atoms with Crippen molar-refractivity contribution in [1.82, 2.24) is 5.32 Å². The van der Waals surface area contributed by atoms with Crippen molar-refractivity contribution in [3.63, 3.8) is 0 Å². The lowest BCUT2D eigenvalue weighted by atomic mass is 10.1. The summed E-state index contributed by atoms with van der Waals surface area (Å²) in [5.41, 5.74) is 1.05. The highest BCUT2D eigenvalue weighted by Gasteiger charge is 2.10. The van der Waals surface area contributed by atoms with E-state index in [9.17, 15) is 4.79 Å². The molecule has 0 saturated heterocycles. The molecule has 4 nitrogen and oxygen atoms in total. The molecular formula is C16H23NO3. The Labute approximate surface area is 120 Å². The van der Waals surface area contributed by atoms with Gasteiger partial charge in [-0.25, -0.2) is 0 Å². The Kier molecular flexibility index (Phi) is 7.43. The molecule has 1 aromatic heterocycles. The van der Waals surface area contributed by atoms with Crippen molar-refractivity contribution < 1.29 is 14.3 Å². The van der Waals surface area contributed by atoms with Gasteiger partial charge in [0.15, 0.2) is 5.76 Å². The third-order valence-corrected chi connectivity index (χ3v) is 2.98. The topological polar surface area (TPSA) is 62.5 Å². The van der Waals surface area contributed by atoms with E-state index in [2.05, 4.69) is 5.32 Å². The fraction of sp³-hybridized carbons (Fsp3) is 0.438. The first-order chi connectivity index (χ1) is 9.67. The Balaban J connectivity index is 2.27. The van der Waals surface area contributed by atoms with Crippen LogP contribution in [0, 0.1) is 0 Å². The van der Waals surface area contributed by atoms with E-state index < -0.39 is 0 Å². The van der Waals surface area contributed by atoms with Crippen LogP contribution >= 0.6 is 0 Å². The first-order valence-electron chi connectivity index (χ1n) is 6.95. The maximum atomic E-state index is 11.7. The summed E-state index contributed by atoms with van der Waals surface area (Å²) in [6.07, 6.45) is 10.0. The SMILES string of the molecule is CC/C(=C\C/C=C\CC(C)NC(=O)c1ccco1)CO. The molecule has 1 unspecified atom stereocenters. The molecule has 0 spiro atoms. The zero-order chi connectivity index (χ0) is 14.8. The minimum absolute atomic E-state index is 0.0521. The van der Waals surface area contributed by atoms with Gasteiger partial charge in [-0.1, -0.05) is 25.2 Å². The summed E-state index contributed by atoms with van der Waals surface area (Å²) in [4.78, 5) is 11.7. The van der Waals surface area contributed by atoms with E-state index >= 15 is 0 Å². The quantitative estimate of drug-likeness (QED) is 0.718. The molecule has 0 aliphatic carbocycles. The lowest BCUT2D eigenvalue weighted by Crippen LogP contribution is -2.31. The minimum atomic E-state index is -0.190. The van der Waals surface area contributed by atoms with Gasteiger partial charge < -0.3 is 14.8 Å². The number of furan rings is 1. The van der Waals surface area contributed by atoms with Crippen LogP contribution in [0.3, 0.4) is 0 Å².